The molecule has 0 saturated heterocycles. The lowest BCUT2D eigenvalue weighted by Crippen LogP contribution is -2.24. The molecule has 0 saturated carbocycles. The zero-order chi connectivity index (χ0) is 7.61. The topological polar surface area (TPSA) is 18.5 Å². The maximum Gasteiger partial charge on any atom is 0.241 e. The van der Waals surface area contributed by atoms with Gasteiger partial charge in [-0.05, 0) is 19.6 Å². The van der Waals surface area contributed by atoms with Crippen LogP contribution in [0.4, 0.5) is 0 Å². The average Bonchev–Trinajstić information content (AvgIpc) is 2.12. The normalized spacial score (nSPS) is 18.1. The molecule has 0 aromatic heterocycles. The van der Waals surface area contributed by atoms with Crippen LogP contribution in [-0.2, 0) is 9.16 Å². The Kier molecular flexibility index (Phi) is 2.04. The highest BCUT2D eigenvalue weighted by atomic mass is 28.4. The second kappa shape index (κ2) is 2.66. The van der Waals surface area contributed by atoms with E-state index in [0.717, 1.165) is 18.8 Å². The van der Waals surface area contributed by atoms with Crippen LogP contribution in [0.1, 0.15) is 6.42 Å². The maximum atomic E-state index is 5.67. The molecule has 0 spiro atoms. The minimum atomic E-state index is -1.37. The molecule has 0 radical (unpaired) electrons. The second-order valence-electron chi connectivity index (χ2n) is 3.42. The van der Waals surface area contributed by atoms with E-state index in [0.29, 0.717) is 0 Å². The van der Waals surface area contributed by atoms with Crippen LogP contribution in [0.3, 0.4) is 0 Å². The maximum absolute atomic E-state index is 5.67. The van der Waals surface area contributed by atoms with Gasteiger partial charge < -0.3 is 9.16 Å². The molecule has 1 aliphatic rings. The lowest BCUT2D eigenvalue weighted by molar-refractivity contribution is 0.281. The number of hydrogen-bond acceptors (Lipinski definition) is 2. The van der Waals surface area contributed by atoms with Crippen molar-refractivity contribution >= 4 is 8.32 Å². The molecular weight excluding hydrogens is 144 g/mol. The van der Waals surface area contributed by atoms with Gasteiger partial charge in [-0.25, -0.2) is 0 Å². The van der Waals surface area contributed by atoms with E-state index < -0.39 is 8.32 Å². The lowest BCUT2D eigenvalue weighted by Gasteiger charge is -2.18. The van der Waals surface area contributed by atoms with E-state index in [-0.39, 0.29) is 0 Å². The summed E-state index contributed by atoms with van der Waals surface area (Å²) in [5.41, 5.74) is 0. The highest BCUT2D eigenvalue weighted by molar-refractivity contribution is 6.70. The Labute approximate surface area is 63.0 Å². The Morgan fingerprint density at radius 1 is 1.50 bits per heavy atom. The predicted octanol–water partition coefficient (Wildman–Crippen LogP) is 2.10. The highest BCUT2D eigenvalue weighted by Gasteiger charge is 2.19. The minimum absolute atomic E-state index is 0.791. The Hall–Kier alpha value is -0.443. The number of hydrogen-bond donors (Lipinski definition) is 0. The lowest BCUT2D eigenvalue weighted by atomic mass is 10.4. The van der Waals surface area contributed by atoms with Gasteiger partial charge in [0.05, 0.1) is 6.61 Å². The molecule has 2 nitrogen and oxygen atoms in total. The number of ether oxygens (including phenoxy) is 1. The molecule has 10 heavy (non-hydrogen) atoms. The monoisotopic (exact) mass is 158 g/mol. The van der Waals surface area contributed by atoms with Gasteiger partial charge in [-0.3, -0.25) is 0 Å². The van der Waals surface area contributed by atoms with Crippen LogP contribution in [0, 0.1) is 0 Å². The van der Waals surface area contributed by atoms with E-state index in [1.807, 2.05) is 0 Å². The van der Waals surface area contributed by atoms with Gasteiger partial charge in [0.2, 0.25) is 8.32 Å². The van der Waals surface area contributed by atoms with Crippen molar-refractivity contribution in [1.29, 1.82) is 0 Å². The third kappa shape index (κ3) is 2.43. The average molecular weight is 158 g/mol. The summed E-state index contributed by atoms with van der Waals surface area (Å²) in [5, 5.41) is 0. The summed E-state index contributed by atoms with van der Waals surface area (Å²) in [6.45, 7) is 7.31. The van der Waals surface area contributed by atoms with Crippen molar-refractivity contribution in [2.75, 3.05) is 6.61 Å². The first-order valence-corrected chi connectivity index (χ1v) is 6.98. The summed E-state index contributed by atoms with van der Waals surface area (Å²) < 4.78 is 10.7. The van der Waals surface area contributed by atoms with E-state index >= 15 is 0 Å². The summed E-state index contributed by atoms with van der Waals surface area (Å²) in [6, 6.07) is 0. The summed E-state index contributed by atoms with van der Waals surface area (Å²) in [7, 11) is -1.37. The first-order valence-electron chi connectivity index (χ1n) is 3.57. The Bertz CT molecular complexity index is 146. The van der Waals surface area contributed by atoms with Gasteiger partial charge in [-0.1, -0.05) is 0 Å². The Morgan fingerprint density at radius 2 is 2.20 bits per heavy atom. The largest absolute Gasteiger partial charge is 0.545 e. The van der Waals surface area contributed by atoms with Crippen molar-refractivity contribution in [1.82, 2.24) is 0 Å². The van der Waals surface area contributed by atoms with Gasteiger partial charge in [0.15, 0.2) is 0 Å². The van der Waals surface area contributed by atoms with Crippen molar-refractivity contribution in [3.63, 3.8) is 0 Å². The summed E-state index contributed by atoms with van der Waals surface area (Å²) in [4.78, 5) is 0. The summed E-state index contributed by atoms with van der Waals surface area (Å²) in [6.07, 6.45) is 2.68. The van der Waals surface area contributed by atoms with Crippen molar-refractivity contribution in [3.8, 4) is 0 Å². The van der Waals surface area contributed by atoms with Crippen molar-refractivity contribution in [2.45, 2.75) is 26.1 Å². The Balaban J connectivity index is 2.38. The molecule has 3 heteroatoms. The fraction of sp³-hybridized carbons (Fsp3) is 0.714. The molecule has 0 N–H and O–H groups in total. The zero-order valence-electron chi connectivity index (χ0n) is 6.81. The first kappa shape index (κ1) is 7.66. The first-order chi connectivity index (χ1) is 4.58. The molecule has 0 aliphatic carbocycles. The molecule has 0 unspecified atom stereocenters. The van der Waals surface area contributed by atoms with E-state index in [1.54, 1.807) is 6.26 Å². The molecule has 58 valence electrons. The third-order valence-corrected chi connectivity index (χ3v) is 1.99. The fourth-order valence-corrected chi connectivity index (χ4v) is 1.78. The quantitative estimate of drug-likeness (QED) is 0.573. The second-order valence-corrected chi connectivity index (χ2v) is 7.85. The number of rotatable bonds is 2. The molecule has 0 aromatic carbocycles. The van der Waals surface area contributed by atoms with Gasteiger partial charge in [-0.15, -0.1) is 0 Å². The van der Waals surface area contributed by atoms with Gasteiger partial charge in [0.25, 0.3) is 0 Å². The van der Waals surface area contributed by atoms with Gasteiger partial charge >= 0.3 is 0 Å². The van der Waals surface area contributed by atoms with E-state index in [9.17, 15) is 0 Å². The van der Waals surface area contributed by atoms with Crippen molar-refractivity contribution < 1.29 is 9.16 Å². The summed E-state index contributed by atoms with van der Waals surface area (Å²) >= 11 is 0. The van der Waals surface area contributed by atoms with Crippen LogP contribution in [0.5, 0.6) is 0 Å². The van der Waals surface area contributed by atoms with Gasteiger partial charge in [-0.2, -0.15) is 0 Å². The minimum Gasteiger partial charge on any atom is -0.545 e. The highest BCUT2D eigenvalue weighted by Crippen LogP contribution is 2.17. The third-order valence-electron chi connectivity index (χ3n) is 1.12. The summed E-state index contributed by atoms with van der Waals surface area (Å²) in [5.74, 6) is 1.03. The molecule has 0 aromatic rings. The van der Waals surface area contributed by atoms with Crippen molar-refractivity contribution in [2.24, 2.45) is 0 Å². The molecule has 1 heterocycles. The molecule has 1 rings (SSSR count). The predicted molar refractivity (Wildman–Crippen MR) is 43.1 cm³/mol. The SMILES string of the molecule is C[Si](C)(C)OC1=COCC1. The van der Waals surface area contributed by atoms with Crippen LogP contribution in [0.2, 0.25) is 19.6 Å². The van der Waals surface area contributed by atoms with Gasteiger partial charge in [0.1, 0.15) is 12.0 Å². The zero-order valence-corrected chi connectivity index (χ0v) is 7.81. The van der Waals surface area contributed by atoms with E-state index in [4.69, 9.17) is 9.16 Å². The van der Waals surface area contributed by atoms with Crippen LogP contribution >= 0.6 is 0 Å². The molecule has 0 atom stereocenters. The molecule has 0 amide bonds. The molecule has 0 bridgehead atoms. The fourth-order valence-electron chi connectivity index (χ4n) is 0.839. The molecule has 1 aliphatic heterocycles. The van der Waals surface area contributed by atoms with E-state index in [1.165, 1.54) is 0 Å². The molecule has 0 fully saturated rings. The van der Waals surface area contributed by atoms with Gasteiger partial charge in [0, 0.05) is 6.42 Å². The van der Waals surface area contributed by atoms with Crippen LogP contribution in [-0.4, -0.2) is 14.9 Å². The smallest absolute Gasteiger partial charge is 0.241 e. The van der Waals surface area contributed by atoms with Crippen LogP contribution in [0.25, 0.3) is 0 Å². The van der Waals surface area contributed by atoms with Crippen LogP contribution in [0.15, 0.2) is 12.0 Å². The van der Waals surface area contributed by atoms with Crippen LogP contribution < -0.4 is 0 Å². The molecular formula is C7H14O2Si. The standard InChI is InChI=1S/C7H14O2Si/c1-10(2,3)9-7-4-5-8-6-7/h6H,4-5H2,1-3H3. The van der Waals surface area contributed by atoms with Crippen molar-refractivity contribution in [3.05, 3.63) is 12.0 Å². The Morgan fingerprint density at radius 3 is 2.60 bits per heavy atom. The van der Waals surface area contributed by atoms with E-state index in [2.05, 4.69) is 19.6 Å².